The van der Waals surface area contributed by atoms with Crippen LogP contribution in [0.3, 0.4) is 0 Å². The van der Waals surface area contributed by atoms with Crippen LogP contribution in [0.25, 0.3) is 0 Å². The van der Waals surface area contributed by atoms with Gasteiger partial charge in [0.05, 0.1) is 12.7 Å². The Morgan fingerprint density at radius 2 is 2.09 bits per heavy atom. The van der Waals surface area contributed by atoms with E-state index < -0.39 is 12.1 Å². The summed E-state index contributed by atoms with van der Waals surface area (Å²) in [7, 11) is 0. The van der Waals surface area contributed by atoms with Gasteiger partial charge in [-0.2, -0.15) is 0 Å². The number of hydrogen-bond donors (Lipinski definition) is 1. The van der Waals surface area contributed by atoms with E-state index in [-0.39, 0.29) is 24.0 Å². The Morgan fingerprint density at radius 1 is 1.36 bits per heavy atom. The van der Waals surface area contributed by atoms with Gasteiger partial charge in [0.2, 0.25) is 0 Å². The molecule has 1 heterocycles. The second kappa shape index (κ2) is 9.10. The highest BCUT2D eigenvalue weighted by atomic mass is 16.6. The topological polar surface area (TPSA) is 73.9 Å². The molecule has 0 aromatic rings. The molecule has 2 atom stereocenters. The number of carbonyl (C=O) groups is 2. The number of esters is 1. The minimum absolute atomic E-state index is 0.0657. The van der Waals surface area contributed by atoms with Gasteiger partial charge in [0.1, 0.15) is 0 Å². The van der Waals surface area contributed by atoms with Crippen molar-refractivity contribution in [3.8, 4) is 0 Å². The Hall–Kier alpha value is -1.14. The number of amides is 1. The van der Waals surface area contributed by atoms with Crippen molar-refractivity contribution >= 4 is 11.9 Å². The molecule has 0 radical (unpaired) electrons. The summed E-state index contributed by atoms with van der Waals surface area (Å²) in [6.45, 7) is 9.37. The average Bonchev–Trinajstić information content (AvgIpc) is 2.94. The lowest BCUT2D eigenvalue weighted by Crippen LogP contribution is -2.34. The van der Waals surface area contributed by atoms with E-state index in [2.05, 4.69) is 26.1 Å². The first kappa shape index (κ1) is 18.9. The predicted octanol–water partition coefficient (Wildman–Crippen LogP) is 1.67. The van der Waals surface area contributed by atoms with Crippen molar-refractivity contribution in [2.75, 3.05) is 26.4 Å². The summed E-state index contributed by atoms with van der Waals surface area (Å²) in [6.07, 6.45) is 2.23. The fourth-order valence-corrected chi connectivity index (χ4v) is 1.98. The van der Waals surface area contributed by atoms with E-state index >= 15 is 0 Å². The minimum atomic E-state index is -0.688. The van der Waals surface area contributed by atoms with Gasteiger partial charge in [-0.25, -0.2) is 4.79 Å². The van der Waals surface area contributed by atoms with Crippen LogP contribution in [0.15, 0.2) is 0 Å². The quantitative estimate of drug-likeness (QED) is 0.690. The Morgan fingerprint density at radius 3 is 2.68 bits per heavy atom. The zero-order chi connectivity index (χ0) is 16.6. The maximum Gasteiger partial charge on any atom is 0.335 e. The molecule has 6 nitrogen and oxygen atoms in total. The molecular weight excluding hydrogens is 286 g/mol. The molecule has 1 aliphatic rings. The first-order valence-electron chi connectivity index (χ1n) is 7.94. The number of carbonyl (C=O) groups excluding carboxylic acids is 2. The van der Waals surface area contributed by atoms with Gasteiger partial charge in [-0.3, -0.25) is 4.79 Å². The molecule has 1 N–H and O–H groups in total. The second-order valence-corrected chi connectivity index (χ2v) is 6.88. The van der Waals surface area contributed by atoms with Gasteiger partial charge in [-0.15, -0.1) is 0 Å². The summed E-state index contributed by atoms with van der Waals surface area (Å²) in [4.78, 5) is 23.3. The molecule has 1 saturated heterocycles. The molecule has 0 aromatic carbocycles. The molecule has 1 fully saturated rings. The molecule has 1 amide bonds. The fourth-order valence-electron chi connectivity index (χ4n) is 1.98. The van der Waals surface area contributed by atoms with E-state index in [1.807, 2.05) is 0 Å². The average molecular weight is 315 g/mol. The van der Waals surface area contributed by atoms with Crippen LogP contribution >= 0.6 is 0 Å². The molecule has 6 heteroatoms. The highest BCUT2D eigenvalue weighted by molar-refractivity contribution is 5.81. The molecule has 128 valence electrons. The Bertz CT molecular complexity index is 358. The SMILES string of the molecule is CC(OCC1CCCO1)C(=O)OCC(=O)NCCC(C)(C)C. The summed E-state index contributed by atoms with van der Waals surface area (Å²) in [6, 6.07) is 0. The molecule has 0 saturated carbocycles. The summed E-state index contributed by atoms with van der Waals surface area (Å²) >= 11 is 0. The summed E-state index contributed by atoms with van der Waals surface area (Å²) in [5.74, 6) is -0.812. The van der Waals surface area contributed by atoms with Crippen LogP contribution in [-0.4, -0.2) is 50.4 Å². The van der Waals surface area contributed by atoms with E-state index in [1.165, 1.54) is 0 Å². The fraction of sp³-hybridized carbons (Fsp3) is 0.875. The van der Waals surface area contributed by atoms with Gasteiger partial charge < -0.3 is 19.5 Å². The molecule has 22 heavy (non-hydrogen) atoms. The first-order valence-corrected chi connectivity index (χ1v) is 7.94. The number of rotatable bonds is 8. The Labute approximate surface area is 132 Å². The van der Waals surface area contributed by atoms with Crippen molar-refractivity contribution in [1.29, 1.82) is 0 Å². The van der Waals surface area contributed by atoms with Crippen LogP contribution in [-0.2, 0) is 23.8 Å². The van der Waals surface area contributed by atoms with Crippen LogP contribution in [0, 0.1) is 5.41 Å². The molecule has 0 aliphatic carbocycles. The van der Waals surface area contributed by atoms with Crippen molar-refractivity contribution in [3.05, 3.63) is 0 Å². The highest BCUT2D eigenvalue weighted by Crippen LogP contribution is 2.16. The molecule has 0 bridgehead atoms. The third-order valence-electron chi connectivity index (χ3n) is 3.43. The lowest BCUT2D eigenvalue weighted by molar-refractivity contribution is -0.160. The summed E-state index contributed by atoms with van der Waals surface area (Å²) in [5, 5.41) is 2.73. The highest BCUT2D eigenvalue weighted by Gasteiger charge is 2.21. The molecule has 0 aromatic heterocycles. The van der Waals surface area contributed by atoms with E-state index in [4.69, 9.17) is 14.2 Å². The normalized spacial score (nSPS) is 19.7. The third kappa shape index (κ3) is 8.34. The van der Waals surface area contributed by atoms with Gasteiger partial charge in [0.25, 0.3) is 5.91 Å². The summed E-state index contributed by atoms with van der Waals surface area (Å²) in [5.41, 5.74) is 0.161. The second-order valence-electron chi connectivity index (χ2n) is 6.88. The van der Waals surface area contributed by atoms with E-state index in [0.717, 1.165) is 25.9 Å². The Balaban J connectivity index is 2.11. The van der Waals surface area contributed by atoms with Crippen molar-refractivity contribution in [2.45, 2.75) is 59.2 Å². The Kier molecular flexibility index (Phi) is 7.82. The summed E-state index contributed by atoms with van der Waals surface area (Å²) < 4.78 is 15.8. The largest absolute Gasteiger partial charge is 0.454 e. The van der Waals surface area contributed by atoms with Crippen LogP contribution in [0.5, 0.6) is 0 Å². The number of hydrogen-bond acceptors (Lipinski definition) is 5. The van der Waals surface area contributed by atoms with Crippen LogP contribution < -0.4 is 5.32 Å². The van der Waals surface area contributed by atoms with Gasteiger partial charge in [0, 0.05) is 13.2 Å². The van der Waals surface area contributed by atoms with Gasteiger partial charge in [-0.1, -0.05) is 20.8 Å². The monoisotopic (exact) mass is 315 g/mol. The van der Waals surface area contributed by atoms with Crippen molar-refractivity contribution < 1.29 is 23.8 Å². The van der Waals surface area contributed by atoms with Gasteiger partial charge >= 0.3 is 5.97 Å². The van der Waals surface area contributed by atoms with Crippen LogP contribution in [0.4, 0.5) is 0 Å². The van der Waals surface area contributed by atoms with Crippen molar-refractivity contribution in [2.24, 2.45) is 5.41 Å². The third-order valence-corrected chi connectivity index (χ3v) is 3.43. The van der Waals surface area contributed by atoms with Crippen LogP contribution in [0.2, 0.25) is 0 Å². The van der Waals surface area contributed by atoms with Crippen molar-refractivity contribution in [3.63, 3.8) is 0 Å². The number of nitrogens with one attached hydrogen (secondary N) is 1. The predicted molar refractivity (Wildman–Crippen MR) is 82.4 cm³/mol. The minimum Gasteiger partial charge on any atom is -0.454 e. The molecule has 1 aliphatic heterocycles. The molecule has 2 unspecified atom stereocenters. The standard InChI is InChI=1S/C16H29NO5/c1-12(21-10-13-6-5-9-20-13)15(19)22-11-14(18)17-8-7-16(2,3)4/h12-13H,5-11H2,1-4H3,(H,17,18). The maximum absolute atomic E-state index is 11.7. The number of ether oxygens (including phenoxy) is 3. The van der Waals surface area contributed by atoms with Crippen molar-refractivity contribution in [1.82, 2.24) is 5.32 Å². The molecule has 1 rings (SSSR count). The maximum atomic E-state index is 11.7. The van der Waals surface area contributed by atoms with E-state index in [9.17, 15) is 9.59 Å². The van der Waals surface area contributed by atoms with Gasteiger partial charge in [-0.05, 0) is 31.6 Å². The van der Waals surface area contributed by atoms with Crippen LogP contribution in [0.1, 0.15) is 47.0 Å². The first-order chi connectivity index (χ1) is 10.3. The molecular formula is C16H29NO5. The lowest BCUT2D eigenvalue weighted by atomic mass is 9.92. The van der Waals surface area contributed by atoms with Gasteiger partial charge in [0.15, 0.2) is 12.7 Å². The smallest absolute Gasteiger partial charge is 0.335 e. The molecule has 0 spiro atoms. The zero-order valence-electron chi connectivity index (χ0n) is 14.1. The lowest BCUT2D eigenvalue weighted by Gasteiger charge is -2.18. The van der Waals surface area contributed by atoms with E-state index in [1.54, 1.807) is 6.92 Å². The zero-order valence-corrected chi connectivity index (χ0v) is 14.1. The van der Waals surface area contributed by atoms with E-state index in [0.29, 0.717) is 13.2 Å².